The Morgan fingerprint density at radius 2 is 1.83 bits per heavy atom. The molecular formula is C17H14N4O2. The Hall–Kier alpha value is -3.28. The number of benzene rings is 1. The fraction of sp³-hybridized carbons (Fsp3) is 0.0588. The summed E-state index contributed by atoms with van der Waals surface area (Å²) in [6.07, 6.45) is 1.86. The van der Waals surface area contributed by atoms with E-state index in [1.807, 2.05) is 53.2 Å². The molecule has 0 aliphatic heterocycles. The number of H-pyrrole nitrogens is 1. The van der Waals surface area contributed by atoms with Crippen LogP contribution >= 0.6 is 0 Å². The van der Waals surface area contributed by atoms with Crippen LogP contribution in [0.1, 0.15) is 16.1 Å². The molecule has 6 nitrogen and oxygen atoms in total. The largest absolute Gasteiger partial charge is 0.328 e. The summed E-state index contributed by atoms with van der Waals surface area (Å²) in [6.45, 7) is 0.604. The van der Waals surface area contributed by atoms with E-state index >= 15 is 0 Å². The van der Waals surface area contributed by atoms with Crippen LogP contribution in [0, 0.1) is 0 Å². The minimum atomic E-state index is -0.505. The first kappa shape index (κ1) is 14.6. The Kier molecular flexibility index (Phi) is 4.24. The van der Waals surface area contributed by atoms with Gasteiger partial charge in [-0.05, 0) is 23.8 Å². The Labute approximate surface area is 131 Å². The number of aromatic amines is 1. The van der Waals surface area contributed by atoms with Crippen molar-refractivity contribution in [1.29, 1.82) is 0 Å². The summed E-state index contributed by atoms with van der Waals surface area (Å²) >= 11 is 0. The molecule has 1 amide bonds. The summed E-state index contributed by atoms with van der Waals surface area (Å²) in [5.74, 6) is -0.505. The van der Waals surface area contributed by atoms with Crippen LogP contribution in [0.2, 0.25) is 0 Å². The van der Waals surface area contributed by atoms with Crippen LogP contribution in [0.5, 0.6) is 0 Å². The van der Waals surface area contributed by atoms with Crippen molar-refractivity contribution in [2.75, 3.05) is 0 Å². The van der Waals surface area contributed by atoms with Crippen LogP contribution in [0.3, 0.4) is 0 Å². The molecule has 0 spiro atoms. The first-order valence-electron chi connectivity index (χ1n) is 7.06. The number of nitrogens with one attached hydrogen (secondary N) is 1. The SMILES string of the molecule is O=C(N=c1ccccn1Cc1ccccc1)c1ccc(=O)[nH]n1. The monoisotopic (exact) mass is 306 g/mol. The van der Waals surface area contributed by atoms with Gasteiger partial charge in [-0.3, -0.25) is 9.59 Å². The molecule has 114 valence electrons. The van der Waals surface area contributed by atoms with Crippen molar-refractivity contribution >= 4 is 5.91 Å². The summed E-state index contributed by atoms with van der Waals surface area (Å²) in [5.41, 5.74) is 1.37. The van der Waals surface area contributed by atoms with Gasteiger partial charge < -0.3 is 4.57 Å². The lowest BCUT2D eigenvalue weighted by Crippen LogP contribution is -2.22. The van der Waals surface area contributed by atoms with Gasteiger partial charge in [-0.15, -0.1) is 0 Å². The van der Waals surface area contributed by atoms with Crippen LogP contribution in [0.15, 0.2) is 76.6 Å². The van der Waals surface area contributed by atoms with Crippen molar-refractivity contribution in [2.24, 2.45) is 4.99 Å². The highest BCUT2D eigenvalue weighted by Gasteiger charge is 2.06. The zero-order chi connectivity index (χ0) is 16.1. The summed E-state index contributed by atoms with van der Waals surface area (Å²) in [7, 11) is 0. The van der Waals surface area contributed by atoms with E-state index in [2.05, 4.69) is 15.2 Å². The molecule has 0 atom stereocenters. The van der Waals surface area contributed by atoms with E-state index in [4.69, 9.17) is 0 Å². The lowest BCUT2D eigenvalue weighted by atomic mass is 10.2. The summed E-state index contributed by atoms with van der Waals surface area (Å²) in [6, 6.07) is 18.0. The maximum Gasteiger partial charge on any atom is 0.299 e. The number of hydrogen-bond donors (Lipinski definition) is 1. The third-order valence-corrected chi connectivity index (χ3v) is 3.23. The molecule has 23 heavy (non-hydrogen) atoms. The van der Waals surface area contributed by atoms with Gasteiger partial charge in [-0.2, -0.15) is 10.1 Å². The van der Waals surface area contributed by atoms with Crippen LogP contribution in [0.4, 0.5) is 0 Å². The van der Waals surface area contributed by atoms with Crippen molar-refractivity contribution in [1.82, 2.24) is 14.8 Å². The van der Waals surface area contributed by atoms with Gasteiger partial charge in [-0.1, -0.05) is 36.4 Å². The molecule has 0 aliphatic rings. The number of aromatic nitrogens is 3. The maximum absolute atomic E-state index is 12.2. The second kappa shape index (κ2) is 6.65. The molecule has 0 radical (unpaired) electrons. The van der Waals surface area contributed by atoms with Gasteiger partial charge in [0.25, 0.3) is 11.5 Å². The topological polar surface area (TPSA) is 80.1 Å². The highest BCUT2D eigenvalue weighted by molar-refractivity contribution is 5.92. The van der Waals surface area contributed by atoms with Gasteiger partial charge in [0, 0.05) is 18.8 Å². The van der Waals surface area contributed by atoms with Crippen molar-refractivity contribution in [3.05, 3.63) is 94.0 Å². The van der Waals surface area contributed by atoms with E-state index in [0.29, 0.717) is 12.0 Å². The van der Waals surface area contributed by atoms with Crippen LogP contribution in [-0.2, 0) is 6.54 Å². The number of pyridine rings is 1. The first-order valence-corrected chi connectivity index (χ1v) is 7.06. The number of carbonyl (C=O) groups is 1. The molecule has 0 aliphatic carbocycles. The van der Waals surface area contributed by atoms with Crippen molar-refractivity contribution in [2.45, 2.75) is 6.54 Å². The second-order valence-corrected chi connectivity index (χ2v) is 4.90. The van der Waals surface area contributed by atoms with Crippen molar-refractivity contribution in [3.63, 3.8) is 0 Å². The van der Waals surface area contributed by atoms with E-state index in [9.17, 15) is 9.59 Å². The summed E-state index contributed by atoms with van der Waals surface area (Å²) in [5, 5.41) is 5.93. The number of nitrogens with zero attached hydrogens (tertiary/aromatic N) is 3. The molecule has 1 N–H and O–H groups in total. The summed E-state index contributed by atoms with van der Waals surface area (Å²) in [4.78, 5) is 27.3. The molecule has 0 saturated carbocycles. The Bertz CT molecular complexity index is 922. The van der Waals surface area contributed by atoms with Gasteiger partial charge in [0.2, 0.25) is 0 Å². The Balaban J connectivity index is 1.94. The highest BCUT2D eigenvalue weighted by Crippen LogP contribution is 2.00. The Morgan fingerprint density at radius 1 is 1.04 bits per heavy atom. The molecule has 2 aromatic heterocycles. The van der Waals surface area contributed by atoms with Gasteiger partial charge in [0.05, 0.1) is 0 Å². The maximum atomic E-state index is 12.2. The number of carbonyl (C=O) groups excluding carboxylic acids is 1. The minimum Gasteiger partial charge on any atom is -0.328 e. The molecule has 1 aromatic carbocycles. The van der Waals surface area contributed by atoms with Crippen molar-refractivity contribution < 1.29 is 4.79 Å². The number of amides is 1. The molecule has 6 heteroatoms. The van der Waals surface area contributed by atoms with Gasteiger partial charge in [0.15, 0.2) is 5.69 Å². The predicted octanol–water partition coefficient (Wildman–Crippen LogP) is 1.36. The lowest BCUT2D eigenvalue weighted by molar-refractivity contribution is 0.0991. The second-order valence-electron chi connectivity index (χ2n) is 4.90. The molecular weight excluding hydrogens is 292 g/mol. The van der Waals surface area contributed by atoms with Crippen LogP contribution in [-0.4, -0.2) is 20.7 Å². The first-order chi connectivity index (χ1) is 11.2. The standard InChI is InChI=1S/C17H14N4O2/c22-16-10-9-14(19-20-16)17(23)18-15-8-4-5-11-21(15)12-13-6-2-1-3-7-13/h1-11H,12H2,(H,20,22). The van der Waals surface area contributed by atoms with E-state index in [0.717, 1.165) is 5.56 Å². The van der Waals surface area contributed by atoms with Crippen LogP contribution in [0.25, 0.3) is 0 Å². The third kappa shape index (κ3) is 3.68. The zero-order valence-corrected chi connectivity index (χ0v) is 12.2. The molecule has 0 fully saturated rings. The van der Waals surface area contributed by atoms with Gasteiger partial charge in [0.1, 0.15) is 5.49 Å². The number of hydrogen-bond acceptors (Lipinski definition) is 3. The fourth-order valence-electron chi connectivity index (χ4n) is 2.11. The molecule has 0 unspecified atom stereocenters. The normalized spacial score (nSPS) is 11.4. The number of rotatable bonds is 3. The third-order valence-electron chi connectivity index (χ3n) is 3.23. The zero-order valence-electron chi connectivity index (χ0n) is 12.2. The average molecular weight is 306 g/mol. The minimum absolute atomic E-state index is 0.0970. The molecule has 0 saturated heterocycles. The van der Waals surface area contributed by atoms with E-state index in [1.54, 1.807) is 6.07 Å². The van der Waals surface area contributed by atoms with Gasteiger partial charge >= 0.3 is 0 Å². The summed E-state index contributed by atoms with van der Waals surface area (Å²) < 4.78 is 1.87. The molecule has 2 heterocycles. The molecule has 0 bridgehead atoms. The predicted molar refractivity (Wildman–Crippen MR) is 84.7 cm³/mol. The van der Waals surface area contributed by atoms with Crippen molar-refractivity contribution in [3.8, 4) is 0 Å². The van der Waals surface area contributed by atoms with Crippen LogP contribution < -0.4 is 11.0 Å². The highest BCUT2D eigenvalue weighted by atomic mass is 16.1. The molecule has 3 aromatic rings. The average Bonchev–Trinajstić information content (AvgIpc) is 2.58. The fourth-order valence-corrected chi connectivity index (χ4v) is 2.11. The van der Waals surface area contributed by atoms with E-state index in [-0.39, 0.29) is 11.3 Å². The van der Waals surface area contributed by atoms with E-state index in [1.165, 1.54) is 12.1 Å². The Morgan fingerprint density at radius 3 is 2.57 bits per heavy atom. The lowest BCUT2D eigenvalue weighted by Gasteiger charge is -2.07. The molecule has 3 rings (SSSR count). The van der Waals surface area contributed by atoms with Gasteiger partial charge in [-0.25, -0.2) is 5.10 Å². The smallest absolute Gasteiger partial charge is 0.299 e. The quantitative estimate of drug-likeness (QED) is 0.793. The van der Waals surface area contributed by atoms with E-state index < -0.39 is 5.91 Å².